The number of rotatable bonds is 5. The van der Waals surface area contributed by atoms with E-state index in [2.05, 4.69) is 5.32 Å². The predicted molar refractivity (Wildman–Crippen MR) is 105 cm³/mol. The number of nitrogens with zero attached hydrogens (tertiary/aromatic N) is 1. The number of fused-ring (bicyclic) bond motifs is 1. The molecular formula is C22H34N2O3. The Morgan fingerprint density at radius 2 is 1.52 bits per heavy atom. The van der Waals surface area contributed by atoms with Gasteiger partial charge < -0.3 is 5.32 Å². The van der Waals surface area contributed by atoms with Crippen LogP contribution < -0.4 is 5.32 Å². The van der Waals surface area contributed by atoms with Gasteiger partial charge in [0.15, 0.2) is 0 Å². The summed E-state index contributed by atoms with van der Waals surface area (Å²) in [5.74, 6) is -0.736. The highest BCUT2D eigenvalue weighted by molar-refractivity contribution is 6.08. The van der Waals surface area contributed by atoms with E-state index in [0.29, 0.717) is 19.3 Å². The molecule has 27 heavy (non-hydrogen) atoms. The minimum Gasteiger partial charge on any atom is -0.352 e. The van der Waals surface area contributed by atoms with Gasteiger partial charge in [0.1, 0.15) is 6.04 Å². The molecule has 1 saturated carbocycles. The Morgan fingerprint density at radius 3 is 2.04 bits per heavy atom. The van der Waals surface area contributed by atoms with E-state index in [-0.39, 0.29) is 41.5 Å². The number of nitrogens with one attached hydrogen (secondary N) is 1. The summed E-state index contributed by atoms with van der Waals surface area (Å²) in [6.07, 6.45) is 13.7. The summed E-state index contributed by atoms with van der Waals surface area (Å²) in [6.45, 7) is 4.07. The average Bonchev–Trinajstić information content (AvgIpc) is 2.86. The van der Waals surface area contributed by atoms with Gasteiger partial charge in [0, 0.05) is 6.04 Å². The van der Waals surface area contributed by atoms with Crippen molar-refractivity contribution in [1.29, 1.82) is 0 Å². The van der Waals surface area contributed by atoms with E-state index in [1.807, 2.05) is 26.0 Å². The topological polar surface area (TPSA) is 66.5 Å². The Bertz CT molecular complexity index is 564. The van der Waals surface area contributed by atoms with Crippen LogP contribution in [0.3, 0.4) is 0 Å². The molecule has 0 aromatic carbocycles. The van der Waals surface area contributed by atoms with Crippen molar-refractivity contribution in [1.82, 2.24) is 10.2 Å². The first kappa shape index (κ1) is 20.1. The molecule has 0 spiro atoms. The third-order valence-electron chi connectivity index (χ3n) is 6.30. The highest BCUT2D eigenvalue weighted by Gasteiger charge is 2.51. The molecule has 1 heterocycles. The van der Waals surface area contributed by atoms with Gasteiger partial charge in [0.2, 0.25) is 17.7 Å². The SMILES string of the molecule is CC(C)C[C@@H](C(=O)NC1CCCCCCC1)N1C(=O)[C@H]2CC=CC[C@@H]2C1=O. The first-order chi connectivity index (χ1) is 13.0. The molecule has 2 aliphatic carbocycles. The normalized spacial score (nSPS) is 28.0. The molecule has 0 radical (unpaired) electrons. The van der Waals surface area contributed by atoms with E-state index >= 15 is 0 Å². The van der Waals surface area contributed by atoms with Crippen LogP contribution in [0.15, 0.2) is 12.2 Å². The Labute approximate surface area is 162 Å². The van der Waals surface area contributed by atoms with Gasteiger partial charge in [0.25, 0.3) is 0 Å². The first-order valence-electron chi connectivity index (χ1n) is 10.8. The molecule has 1 aliphatic heterocycles. The summed E-state index contributed by atoms with van der Waals surface area (Å²) in [7, 11) is 0. The van der Waals surface area contributed by atoms with Gasteiger partial charge in [-0.3, -0.25) is 19.3 Å². The Morgan fingerprint density at radius 1 is 1.00 bits per heavy atom. The van der Waals surface area contributed by atoms with E-state index in [1.54, 1.807) is 0 Å². The third-order valence-corrected chi connectivity index (χ3v) is 6.30. The number of carbonyl (C=O) groups excluding carboxylic acids is 3. The standard InChI is InChI=1S/C22H34N2O3/c1-15(2)14-19(20(25)23-16-10-6-4-3-5-7-11-16)24-21(26)17-12-8-9-13-18(17)22(24)27/h8-9,15-19H,3-7,10-14H2,1-2H3,(H,23,25)/t17-,18-,19-/m0/s1. The monoisotopic (exact) mass is 374 g/mol. The molecule has 5 heteroatoms. The lowest BCUT2D eigenvalue weighted by molar-refractivity contribution is -0.148. The molecule has 0 aromatic heterocycles. The largest absolute Gasteiger partial charge is 0.352 e. The van der Waals surface area contributed by atoms with Crippen molar-refractivity contribution in [3.05, 3.63) is 12.2 Å². The maximum atomic E-state index is 13.2. The van der Waals surface area contributed by atoms with E-state index in [4.69, 9.17) is 0 Å². The molecule has 0 aromatic rings. The quantitative estimate of drug-likeness (QED) is 0.591. The van der Waals surface area contributed by atoms with Gasteiger partial charge in [0.05, 0.1) is 11.8 Å². The highest BCUT2D eigenvalue weighted by Crippen LogP contribution is 2.37. The van der Waals surface area contributed by atoms with Crippen LogP contribution in [0, 0.1) is 17.8 Å². The zero-order valence-corrected chi connectivity index (χ0v) is 16.8. The second kappa shape index (κ2) is 9.03. The summed E-state index contributed by atoms with van der Waals surface area (Å²) in [5, 5.41) is 3.19. The number of amides is 3. The minimum absolute atomic E-state index is 0.137. The van der Waals surface area contributed by atoms with Crippen LogP contribution in [0.1, 0.15) is 78.1 Å². The number of hydrogen-bond donors (Lipinski definition) is 1. The summed E-state index contributed by atoms with van der Waals surface area (Å²) in [6, 6.07) is -0.495. The van der Waals surface area contributed by atoms with Crippen molar-refractivity contribution in [3.8, 4) is 0 Å². The highest BCUT2D eigenvalue weighted by atomic mass is 16.2. The molecular weight excluding hydrogens is 340 g/mol. The summed E-state index contributed by atoms with van der Waals surface area (Å²) in [4.78, 5) is 40.4. The molecule has 0 unspecified atom stereocenters. The second-order valence-electron chi connectivity index (χ2n) is 8.90. The minimum atomic E-state index is -0.666. The Hall–Kier alpha value is -1.65. The van der Waals surface area contributed by atoms with Crippen molar-refractivity contribution in [2.45, 2.75) is 90.1 Å². The predicted octanol–water partition coefficient (Wildman–Crippen LogP) is 3.58. The van der Waals surface area contributed by atoms with Gasteiger partial charge >= 0.3 is 0 Å². The zero-order chi connectivity index (χ0) is 19.4. The van der Waals surface area contributed by atoms with Gasteiger partial charge in [-0.1, -0.05) is 58.1 Å². The molecule has 1 N–H and O–H groups in total. The number of imide groups is 1. The number of carbonyl (C=O) groups is 3. The number of hydrogen-bond acceptors (Lipinski definition) is 3. The lowest BCUT2D eigenvalue weighted by atomic mass is 9.85. The molecule has 0 bridgehead atoms. The smallest absolute Gasteiger partial charge is 0.243 e. The van der Waals surface area contributed by atoms with Crippen LogP contribution in [-0.4, -0.2) is 34.7 Å². The van der Waals surface area contributed by atoms with E-state index in [9.17, 15) is 14.4 Å². The Kier molecular flexibility index (Phi) is 6.72. The summed E-state index contributed by atoms with van der Waals surface area (Å²) < 4.78 is 0. The van der Waals surface area contributed by atoms with E-state index in [0.717, 1.165) is 25.7 Å². The summed E-state index contributed by atoms with van der Waals surface area (Å²) in [5.41, 5.74) is 0. The molecule has 1 saturated heterocycles. The second-order valence-corrected chi connectivity index (χ2v) is 8.90. The number of likely N-dealkylation sites (tertiary alicyclic amines) is 1. The fourth-order valence-corrected chi connectivity index (χ4v) is 4.81. The van der Waals surface area contributed by atoms with Crippen molar-refractivity contribution in [3.63, 3.8) is 0 Å². The molecule has 150 valence electrons. The van der Waals surface area contributed by atoms with Crippen LogP contribution in [0.5, 0.6) is 0 Å². The van der Waals surface area contributed by atoms with Crippen LogP contribution in [-0.2, 0) is 14.4 Å². The molecule has 2 fully saturated rings. The van der Waals surface area contributed by atoms with Crippen LogP contribution in [0.25, 0.3) is 0 Å². The lowest BCUT2D eigenvalue weighted by Gasteiger charge is -2.30. The van der Waals surface area contributed by atoms with Crippen LogP contribution >= 0.6 is 0 Å². The van der Waals surface area contributed by atoms with E-state index in [1.165, 1.54) is 24.2 Å². The Balaban J connectivity index is 1.73. The zero-order valence-electron chi connectivity index (χ0n) is 16.8. The van der Waals surface area contributed by atoms with Gasteiger partial charge in [-0.05, 0) is 38.0 Å². The van der Waals surface area contributed by atoms with Crippen LogP contribution in [0.4, 0.5) is 0 Å². The summed E-state index contributed by atoms with van der Waals surface area (Å²) >= 11 is 0. The van der Waals surface area contributed by atoms with Gasteiger partial charge in [-0.15, -0.1) is 0 Å². The van der Waals surface area contributed by atoms with Crippen molar-refractivity contribution >= 4 is 17.7 Å². The molecule has 3 amide bonds. The lowest BCUT2D eigenvalue weighted by Crippen LogP contribution is -2.52. The fourth-order valence-electron chi connectivity index (χ4n) is 4.81. The van der Waals surface area contributed by atoms with E-state index < -0.39 is 6.04 Å². The first-order valence-corrected chi connectivity index (χ1v) is 10.8. The fraction of sp³-hybridized carbons (Fsp3) is 0.773. The average molecular weight is 375 g/mol. The van der Waals surface area contributed by atoms with Crippen molar-refractivity contribution < 1.29 is 14.4 Å². The third kappa shape index (κ3) is 4.61. The molecule has 5 nitrogen and oxygen atoms in total. The molecule has 3 aliphatic rings. The molecule has 3 rings (SSSR count). The van der Waals surface area contributed by atoms with Crippen molar-refractivity contribution in [2.24, 2.45) is 17.8 Å². The maximum absolute atomic E-state index is 13.2. The number of allylic oxidation sites excluding steroid dienone is 2. The van der Waals surface area contributed by atoms with Gasteiger partial charge in [-0.2, -0.15) is 0 Å². The van der Waals surface area contributed by atoms with Crippen molar-refractivity contribution in [2.75, 3.05) is 0 Å². The van der Waals surface area contributed by atoms with Gasteiger partial charge in [-0.25, -0.2) is 0 Å². The van der Waals surface area contributed by atoms with Crippen LogP contribution in [0.2, 0.25) is 0 Å². The molecule has 3 atom stereocenters. The maximum Gasteiger partial charge on any atom is 0.243 e.